The fourth-order valence-electron chi connectivity index (χ4n) is 7.49. The Morgan fingerprint density at radius 3 is 2.15 bits per heavy atom. The van der Waals surface area contributed by atoms with Crippen molar-refractivity contribution in [2.45, 2.75) is 84.3 Å². The Labute approximate surface area is 230 Å². The van der Waals surface area contributed by atoms with Crippen LogP contribution < -0.4 is 0 Å². The van der Waals surface area contributed by atoms with E-state index < -0.39 is 7.25 Å². The van der Waals surface area contributed by atoms with Gasteiger partial charge in [-0.1, -0.05) is 46.6 Å². The number of halogens is 4. The van der Waals surface area contributed by atoms with Crippen LogP contribution in [0.4, 0.5) is 17.3 Å². The molecule has 4 nitrogen and oxygen atoms in total. The van der Waals surface area contributed by atoms with E-state index in [1.807, 2.05) is 0 Å². The zero-order chi connectivity index (χ0) is 28.8. The lowest BCUT2D eigenvalue weighted by Crippen LogP contribution is -2.51. The van der Waals surface area contributed by atoms with E-state index in [0.29, 0.717) is 18.4 Å². The van der Waals surface area contributed by atoms with Crippen LogP contribution in [0.15, 0.2) is 58.7 Å². The molecule has 0 saturated heterocycles. The summed E-state index contributed by atoms with van der Waals surface area (Å²) in [5.74, 6) is 1.02. The Hall–Kier alpha value is -2.58. The lowest BCUT2D eigenvalue weighted by molar-refractivity contribution is -0.582. The molecule has 9 heteroatoms. The number of fused-ring (bicyclic) bond motifs is 2. The van der Waals surface area contributed by atoms with Crippen LogP contribution in [0.1, 0.15) is 67.2 Å². The fourth-order valence-corrected chi connectivity index (χ4v) is 7.49. The zero-order valence-electron chi connectivity index (χ0n) is 23.9. The summed E-state index contributed by atoms with van der Waals surface area (Å²) in [6.07, 6.45) is 20.3. The van der Waals surface area contributed by atoms with E-state index in [9.17, 15) is 22.1 Å². The van der Waals surface area contributed by atoms with Gasteiger partial charge in [0.2, 0.25) is 6.34 Å². The molecule has 0 aromatic carbocycles. The molecule has 5 rings (SSSR count). The van der Waals surface area contributed by atoms with Crippen LogP contribution in [0, 0.1) is 17.8 Å². The van der Waals surface area contributed by atoms with E-state index in [1.54, 1.807) is 0 Å². The maximum Gasteiger partial charge on any atom is 0.673 e. The minimum absolute atomic E-state index is 0.00485. The highest BCUT2D eigenvalue weighted by Gasteiger charge is 2.49. The molecule has 0 aromatic rings. The number of hydrogen-bond acceptors (Lipinski definition) is 3. The van der Waals surface area contributed by atoms with Crippen LogP contribution in [0.5, 0.6) is 0 Å². The Morgan fingerprint density at radius 1 is 1.00 bits per heavy atom. The van der Waals surface area contributed by atoms with E-state index >= 15 is 0 Å². The van der Waals surface area contributed by atoms with Gasteiger partial charge >= 0.3 is 13.2 Å². The van der Waals surface area contributed by atoms with Crippen molar-refractivity contribution < 1.29 is 31.4 Å². The first kappa shape index (κ1) is 29.4. The molecule has 39 heavy (non-hydrogen) atoms. The zero-order valence-corrected chi connectivity index (χ0v) is 23.9. The van der Waals surface area contributed by atoms with Gasteiger partial charge in [0.15, 0.2) is 6.04 Å². The van der Waals surface area contributed by atoms with Crippen LogP contribution in [0.25, 0.3) is 0 Å². The first-order valence-electron chi connectivity index (χ1n) is 13.9. The fraction of sp³-hybridized carbons (Fsp3) is 0.600. The molecule has 214 valence electrons. The standard InChI is InChI=1S/C30H41N2O2.BF4/c1-20-9-21(2)14-29(5,13-20)31-17-26(18-34-28(33)27-12-24-7-8-25(27)11-24)32(19-31)30(6)15-22(3)10-23(4)16-30;2-1(3,4)5/h7-10,13,15,19,24-27H,11-12,14,16-18H2,1-6H3;/q+1;-1. The number of ether oxygens (including phenoxy) is 1. The molecule has 6 unspecified atom stereocenters. The van der Waals surface area contributed by atoms with E-state index in [2.05, 4.69) is 93.8 Å². The predicted octanol–water partition coefficient (Wildman–Crippen LogP) is 6.88. The quantitative estimate of drug-likeness (QED) is 0.124. The Kier molecular flexibility index (Phi) is 8.12. The highest BCUT2D eigenvalue weighted by atomic mass is 19.5. The Morgan fingerprint density at radius 2 is 1.62 bits per heavy atom. The molecule has 0 N–H and O–H groups in total. The smallest absolute Gasteiger partial charge is 0.461 e. The number of carbonyl (C=O) groups excluding carboxylic acids is 1. The number of rotatable bonds is 5. The van der Waals surface area contributed by atoms with Crippen molar-refractivity contribution in [1.82, 2.24) is 4.90 Å². The number of carbonyl (C=O) groups is 1. The van der Waals surface area contributed by atoms with Crippen molar-refractivity contribution in [3.63, 3.8) is 0 Å². The summed E-state index contributed by atoms with van der Waals surface area (Å²) in [4.78, 5) is 15.5. The topological polar surface area (TPSA) is 32.5 Å². The Balaban J connectivity index is 0.000000648. The van der Waals surface area contributed by atoms with Gasteiger partial charge in [0.05, 0.1) is 5.92 Å². The second kappa shape index (κ2) is 10.8. The molecule has 5 aliphatic rings. The van der Waals surface area contributed by atoms with Crippen LogP contribution in [0.2, 0.25) is 0 Å². The largest absolute Gasteiger partial charge is 0.673 e. The molecule has 1 aliphatic heterocycles. The lowest BCUT2D eigenvalue weighted by atomic mass is 9.84. The molecule has 0 amide bonds. The van der Waals surface area contributed by atoms with Crippen molar-refractivity contribution in [2.75, 3.05) is 13.2 Å². The van der Waals surface area contributed by atoms with Gasteiger partial charge in [-0.3, -0.25) is 9.37 Å². The summed E-state index contributed by atoms with van der Waals surface area (Å²) < 4.78 is 47.6. The number of hydrogen-bond donors (Lipinski definition) is 0. The van der Waals surface area contributed by atoms with Gasteiger partial charge in [-0.05, 0) is 78.4 Å². The summed E-state index contributed by atoms with van der Waals surface area (Å²) in [5.41, 5.74) is 5.25. The van der Waals surface area contributed by atoms with Crippen molar-refractivity contribution >= 4 is 19.6 Å². The summed E-state index contributed by atoms with van der Waals surface area (Å²) in [6.45, 7) is 14.8. The number of esters is 1. The third kappa shape index (κ3) is 6.96. The Bertz CT molecular complexity index is 1180. The summed E-state index contributed by atoms with van der Waals surface area (Å²) >= 11 is 0. The van der Waals surface area contributed by atoms with E-state index in [4.69, 9.17) is 4.74 Å². The van der Waals surface area contributed by atoms with Gasteiger partial charge in [0, 0.05) is 12.8 Å². The number of allylic oxidation sites excluding steroid dienone is 6. The average Bonchev–Trinajstić information content (AvgIpc) is 3.50. The van der Waals surface area contributed by atoms with Crippen LogP contribution in [-0.4, -0.2) is 59.3 Å². The molecule has 6 atom stereocenters. The molecule has 1 heterocycles. The molecular weight excluding hydrogens is 507 g/mol. The molecule has 1 fully saturated rings. The molecule has 2 bridgehead atoms. The summed E-state index contributed by atoms with van der Waals surface area (Å²) in [6, 6.07) is 0.134. The normalized spacial score (nSPS) is 35.4. The van der Waals surface area contributed by atoms with Gasteiger partial charge in [0.25, 0.3) is 0 Å². The number of nitrogens with zero attached hydrogens (tertiary/aromatic N) is 2. The first-order chi connectivity index (χ1) is 18.0. The lowest BCUT2D eigenvalue weighted by Gasteiger charge is -2.36. The predicted molar refractivity (Wildman–Crippen MR) is 148 cm³/mol. The minimum Gasteiger partial charge on any atom is -0.461 e. The van der Waals surface area contributed by atoms with Crippen LogP contribution >= 0.6 is 0 Å². The molecule has 4 aliphatic carbocycles. The first-order valence-corrected chi connectivity index (χ1v) is 13.9. The molecule has 1 saturated carbocycles. The monoisotopic (exact) mass is 548 g/mol. The van der Waals surface area contributed by atoms with E-state index in [1.165, 1.54) is 22.3 Å². The average molecular weight is 548 g/mol. The van der Waals surface area contributed by atoms with Gasteiger partial charge in [-0.15, -0.1) is 0 Å². The van der Waals surface area contributed by atoms with Crippen molar-refractivity contribution in [1.29, 1.82) is 0 Å². The van der Waals surface area contributed by atoms with Gasteiger partial charge in [-0.2, -0.15) is 0 Å². The van der Waals surface area contributed by atoms with Crippen molar-refractivity contribution in [3.8, 4) is 0 Å². The SMILES string of the molecule is CC1=CC(C)(N2C=[N+](C3(C)C=C(C)C=C(C)C3)CC2COC(=O)C2CC3C=CC2C3)CC(C)=C1.F[B-](F)(F)F. The van der Waals surface area contributed by atoms with E-state index in [-0.39, 0.29) is 29.0 Å². The molecule has 0 radical (unpaired) electrons. The van der Waals surface area contributed by atoms with E-state index in [0.717, 1.165) is 32.2 Å². The summed E-state index contributed by atoms with van der Waals surface area (Å²) in [7, 11) is -6.00. The third-order valence-corrected chi connectivity index (χ3v) is 8.61. The second-order valence-corrected chi connectivity index (χ2v) is 12.7. The highest BCUT2D eigenvalue weighted by Crippen LogP contribution is 2.44. The van der Waals surface area contributed by atoms with Crippen LogP contribution in [0.3, 0.4) is 0 Å². The molecular formula is C30H41BF4N2O2. The second-order valence-electron chi connectivity index (χ2n) is 12.7. The maximum atomic E-state index is 13.1. The minimum atomic E-state index is -6.00. The van der Waals surface area contributed by atoms with Crippen molar-refractivity contribution in [2.24, 2.45) is 17.8 Å². The third-order valence-electron chi connectivity index (χ3n) is 8.61. The molecule has 0 spiro atoms. The highest BCUT2D eigenvalue weighted by molar-refractivity contribution is 6.50. The van der Waals surface area contributed by atoms with Crippen molar-refractivity contribution in [3.05, 3.63) is 58.7 Å². The van der Waals surface area contributed by atoms with Gasteiger partial charge in [-0.25, -0.2) is 4.90 Å². The van der Waals surface area contributed by atoms with Gasteiger partial charge in [0.1, 0.15) is 24.2 Å². The maximum absolute atomic E-state index is 13.1. The summed E-state index contributed by atoms with van der Waals surface area (Å²) in [5, 5.41) is 0. The van der Waals surface area contributed by atoms with Gasteiger partial charge < -0.3 is 22.0 Å². The molecule has 0 aromatic heterocycles. The van der Waals surface area contributed by atoms with Crippen LogP contribution in [-0.2, 0) is 9.53 Å².